The second-order valence-corrected chi connectivity index (χ2v) is 6.11. The number of unbranched alkanes of at least 4 members (excludes halogenated alkanes) is 11. The molecular formula is C18H33ClO. The van der Waals surface area contributed by atoms with Crippen LogP contribution in [0.1, 0.15) is 96.8 Å². The van der Waals surface area contributed by atoms with E-state index in [0.29, 0.717) is 6.42 Å². The second-order valence-electron chi connectivity index (χ2n) is 5.69. The van der Waals surface area contributed by atoms with E-state index in [-0.39, 0.29) is 5.24 Å². The van der Waals surface area contributed by atoms with Crippen LogP contribution < -0.4 is 0 Å². The molecule has 20 heavy (non-hydrogen) atoms. The predicted octanol–water partition coefficient (Wildman–Crippen LogP) is 6.79. The zero-order chi connectivity index (χ0) is 14.9. The third kappa shape index (κ3) is 17.7. The summed E-state index contributed by atoms with van der Waals surface area (Å²) in [6, 6.07) is 0. The maximum atomic E-state index is 10.5. The molecule has 0 rings (SSSR count). The van der Waals surface area contributed by atoms with Crippen LogP contribution in [0.5, 0.6) is 0 Å². The Morgan fingerprint density at radius 1 is 0.750 bits per heavy atom. The largest absolute Gasteiger partial charge is 0.281 e. The second kappa shape index (κ2) is 16.8. The predicted molar refractivity (Wildman–Crippen MR) is 90.3 cm³/mol. The molecule has 0 aromatic rings. The number of carbonyl (C=O) groups excluding carboxylic acids is 1. The Hall–Kier alpha value is -0.300. The topological polar surface area (TPSA) is 17.1 Å². The molecule has 0 aliphatic carbocycles. The lowest BCUT2D eigenvalue weighted by Gasteiger charge is -2.00. The molecule has 0 heterocycles. The molecule has 0 N–H and O–H groups in total. The van der Waals surface area contributed by atoms with E-state index >= 15 is 0 Å². The van der Waals surface area contributed by atoms with Crippen LogP contribution in [0.2, 0.25) is 0 Å². The molecule has 0 unspecified atom stereocenters. The van der Waals surface area contributed by atoms with E-state index in [2.05, 4.69) is 19.1 Å². The molecule has 2 heteroatoms. The van der Waals surface area contributed by atoms with E-state index in [0.717, 1.165) is 12.8 Å². The van der Waals surface area contributed by atoms with Crippen molar-refractivity contribution in [3.05, 3.63) is 12.2 Å². The van der Waals surface area contributed by atoms with Gasteiger partial charge in [0.2, 0.25) is 5.24 Å². The molecule has 0 aromatic carbocycles. The summed E-state index contributed by atoms with van der Waals surface area (Å²) in [7, 11) is 0. The molecule has 0 fully saturated rings. The average molecular weight is 301 g/mol. The number of rotatable bonds is 15. The van der Waals surface area contributed by atoms with E-state index in [1.54, 1.807) is 0 Å². The van der Waals surface area contributed by atoms with Gasteiger partial charge in [0.05, 0.1) is 0 Å². The molecule has 0 saturated carbocycles. The van der Waals surface area contributed by atoms with Gasteiger partial charge in [-0.15, -0.1) is 0 Å². The molecule has 1 nitrogen and oxygen atoms in total. The summed E-state index contributed by atoms with van der Waals surface area (Å²) in [4.78, 5) is 10.5. The molecule has 0 amide bonds. The van der Waals surface area contributed by atoms with Crippen LogP contribution in [-0.4, -0.2) is 5.24 Å². The van der Waals surface area contributed by atoms with Crippen molar-refractivity contribution in [1.82, 2.24) is 0 Å². The van der Waals surface area contributed by atoms with Gasteiger partial charge in [-0.2, -0.15) is 0 Å². The Kier molecular flexibility index (Phi) is 16.5. The van der Waals surface area contributed by atoms with Crippen LogP contribution in [0.15, 0.2) is 12.2 Å². The fourth-order valence-corrected chi connectivity index (χ4v) is 2.47. The zero-order valence-corrected chi connectivity index (χ0v) is 14.1. The summed E-state index contributed by atoms with van der Waals surface area (Å²) in [5.74, 6) is 0. The first-order valence-electron chi connectivity index (χ1n) is 8.60. The van der Waals surface area contributed by atoms with Gasteiger partial charge in [0.1, 0.15) is 0 Å². The molecule has 0 atom stereocenters. The third-order valence-corrected chi connectivity index (χ3v) is 3.82. The number of allylic oxidation sites excluding steroid dienone is 2. The maximum absolute atomic E-state index is 10.5. The Morgan fingerprint density at radius 3 is 1.70 bits per heavy atom. The minimum Gasteiger partial charge on any atom is -0.281 e. The fourth-order valence-electron chi connectivity index (χ4n) is 2.33. The first kappa shape index (κ1) is 19.7. The highest BCUT2D eigenvalue weighted by molar-refractivity contribution is 6.63. The van der Waals surface area contributed by atoms with Crippen molar-refractivity contribution in [3.8, 4) is 0 Å². The summed E-state index contributed by atoms with van der Waals surface area (Å²) in [5, 5.41) is -0.188. The normalized spacial score (nSPS) is 11.3. The van der Waals surface area contributed by atoms with E-state index in [4.69, 9.17) is 11.6 Å². The summed E-state index contributed by atoms with van der Waals surface area (Å²) in [6.45, 7) is 2.26. The van der Waals surface area contributed by atoms with Gasteiger partial charge >= 0.3 is 0 Å². The van der Waals surface area contributed by atoms with Gasteiger partial charge in [-0.1, -0.05) is 70.4 Å². The van der Waals surface area contributed by atoms with Crippen molar-refractivity contribution in [2.45, 2.75) is 96.8 Å². The van der Waals surface area contributed by atoms with Gasteiger partial charge in [-0.3, -0.25) is 4.79 Å². The molecule has 0 bridgehead atoms. The van der Waals surface area contributed by atoms with Crippen LogP contribution >= 0.6 is 11.6 Å². The number of halogens is 1. The van der Waals surface area contributed by atoms with E-state index in [1.807, 2.05) is 0 Å². The van der Waals surface area contributed by atoms with Crippen LogP contribution in [-0.2, 0) is 4.79 Å². The summed E-state index contributed by atoms with van der Waals surface area (Å²) in [5.41, 5.74) is 0. The van der Waals surface area contributed by atoms with Gasteiger partial charge in [-0.05, 0) is 43.7 Å². The number of hydrogen-bond acceptors (Lipinski definition) is 1. The van der Waals surface area contributed by atoms with Gasteiger partial charge in [0.25, 0.3) is 0 Å². The van der Waals surface area contributed by atoms with E-state index in [9.17, 15) is 4.79 Å². The molecule has 0 spiro atoms. The zero-order valence-electron chi connectivity index (χ0n) is 13.3. The molecule has 0 saturated heterocycles. The lowest BCUT2D eigenvalue weighted by molar-refractivity contribution is -0.111. The molecule has 118 valence electrons. The van der Waals surface area contributed by atoms with Crippen LogP contribution in [0, 0.1) is 0 Å². The third-order valence-electron chi connectivity index (χ3n) is 3.64. The van der Waals surface area contributed by atoms with Crippen LogP contribution in [0.4, 0.5) is 0 Å². The van der Waals surface area contributed by atoms with Crippen molar-refractivity contribution >= 4 is 16.8 Å². The number of hydrogen-bond donors (Lipinski definition) is 0. The number of carbonyl (C=O) groups is 1. The van der Waals surface area contributed by atoms with Crippen molar-refractivity contribution in [1.29, 1.82) is 0 Å². The quantitative estimate of drug-likeness (QED) is 0.185. The Labute approximate surface area is 131 Å². The van der Waals surface area contributed by atoms with Gasteiger partial charge in [0.15, 0.2) is 0 Å². The van der Waals surface area contributed by atoms with Crippen molar-refractivity contribution in [2.75, 3.05) is 0 Å². The Morgan fingerprint density at radius 2 is 1.20 bits per heavy atom. The smallest absolute Gasteiger partial charge is 0.221 e. The summed E-state index contributed by atoms with van der Waals surface area (Å²) in [6.07, 6.45) is 21.9. The van der Waals surface area contributed by atoms with Crippen molar-refractivity contribution < 1.29 is 4.79 Å². The first-order valence-corrected chi connectivity index (χ1v) is 8.98. The minimum absolute atomic E-state index is 0.188. The summed E-state index contributed by atoms with van der Waals surface area (Å²) < 4.78 is 0. The monoisotopic (exact) mass is 300 g/mol. The van der Waals surface area contributed by atoms with Gasteiger partial charge < -0.3 is 0 Å². The molecule has 0 aromatic heterocycles. The molecular weight excluding hydrogens is 268 g/mol. The van der Waals surface area contributed by atoms with Crippen molar-refractivity contribution in [3.63, 3.8) is 0 Å². The highest BCUT2D eigenvalue weighted by Gasteiger charge is 1.95. The van der Waals surface area contributed by atoms with Crippen LogP contribution in [0.3, 0.4) is 0 Å². The highest BCUT2D eigenvalue weighted by Crippen LogP contribution is 2.11. The van der Waals surface area contributed by atoms with E-state index in [1.165, 1.54) is 70.6 Å². The SMILES string of the molecule is CCCCCC/C=C/CCCCCCCCCC(=O)Cl. The van der Waals surface area contributed by atoms with Crippen molar-refractivity contribution in [2.24, 2.45) is 0 Å². The highest BCUT2D eigenvalue weighted by atomic mass is 35.5. The first-order chi connectivity index (χ1) is 9.77. The maximum Gasteiger partial charge on any atom is 0.221 e. The molecule has 0 aliphatic rings. The summed E-state index contributed by atoms with van der Waals surface area (Å²) >= 11 is 5.29. The lowest BCUT2D eigenvalue weighted by atomic mass is 10.1. The van der Waals surface area contributed by atoms with Gasteiger partial charge in [-0.25, -0.2) is 0 Å². The minimum atomic E-state index is -0.188. The standard InChI is InChI=1S/C18H33ClO/c1-2-3-4-5-6-7-8-9-10-11-12-13-14-15-16-17-18(19)20/h7-8H,2-6,9-17H2,1H3/b8-7+. The average Bonchev–Trinajstić information content (AvgIpc) is 2.43. The Balaban J connectivity index is 3.05. The molecule has 0 aliphatic heterocycles. The Bertz CT molecular complexity index is 236. The fraction of sp³-hybridized carbons (Fsp3) is 0.833. The lowest BCUT2D eigenvalue weighted by Crippen LogP contribution is -1.86. The van der Waals surface area contributed by atoms with E-state index < -0.39 is 0 Å². The van der Waals surface area contributed by atoms with Crippen LogP contribution in [0.25, 0.3) is 0 Å². The molecule has 0 radical (unpaired) electrons. The van der Waals surface area contributed by atoms with Gasteiger partial charge in [0, 0.05) is 6.42 Å².